The maximum absolute atomic E-state index is 13.1. The molecular weight excluding hydrogens is 390 g/mol. The molecule has 0 aliphatic heterocycles. The number of aryl methyl sites for hydroxylation is 1. The van der Waals surface area contributed by atoms with Crippen LogP contribution in [-0.4, -0.2) is 18.9 Å². The number of nitrogens with zero attached hydrogens (tertiary/aromatic N) is 1. The number of hydrogen-bond acceptors (Lipinski definition) is 4. The van der Waals surface area contributed by atoms with Crippen LogP contribution in [0, 0.1) is 6.92 Å². The van der Waals surface area contributed by atoms with Crippen molar-refractivity contribution in [1.82, 2.24) is 3.97 Å². The zero-order valence-electron chi connectivity index (χ0n) is 13.1. The second kappa shape index (κ2) is 6.33. The van der Waals surface area contributed by atoms with Crippen LogP contribution < -0.4 is 11.5 Å². The van der Waals surface area contributed by atoms with E-state index in [0.717, 1.165) is 21.0 Å². The molecule has 126 valence electrons. The lowest BCUT2D eigenvalue weighted by Crippen LogP contribution is -2.20. The van der Waals surface area contributed by atoms with Gasteiger partial charge < -0.3 is 11.5 Å². The van der Waals surface area contributed by atoms with Gasteiger partial charge in [-0.05, 0) is 36.8 Å². The quantitative estimate of drug-likeness (QED) is 0.695. The summed E-state index contributed by atoms with van der Waals surface area (Å²) in [6.45, 7) is 2.15. The molecule has 2 aromatic carbocycles. The summed E-state index contributed by atoms with van der Waals surface area (Å²) in [6, 6.07) is 11.8. The van der Waals surface area contributed by atoms with Crippen LogP contribution in [0.3, 0.4) is 0 Å². The van der Waals surface area contributed by atoms with Gasteiger partial charge in [0.15, 0.2) is 0 Å². The molecule has 1 aromatic heterocycles. The number of benzene rings is 2. The SMILES string of the molecule is Cc1ccc(S(=O)(=O)n2cc([C@H](N)CN)c3ccc(Br)cc32)cc1. The van der Waals surface area contributed by atoms with E-state index < -0.39 is 16.1 Å². The van der Waals surface area contributed by atoms with Crippen LogP contribution >= 0.6 is 15.9 Å². The number of nitrogens with two attached hydrogens (primary N) is 2. The number of rotatable bonds is 4. The first-order valence-corrected chi connectivity index (χ1v) is 9.66. The molecule has 24 heavy (non-hydrogen) atoms. The second-order valence-corrected chi connectivity index (χ2v) is 8.43. The van der Waals surface area contributed by atoms with E-state index >= 15 is 0 Å². The van der Waals surface area contributed by atoms with E-state index in [2.05, 4.69) is 15.9 Å². The van der Waals surface area contributed by atoms with Crippen molar-refractivity contribution in [1.29, 1.82) is 0 Å². The molecule has 7 heteroatoms. The van der Waals surface area contributed by atoms with E-state index in [1.54, 1.807) is 36.5 Å². The zero-order valence-corrected chi connectivity index (χ0v) is 15.5. The maximum Gasteiger partial charge on any atom is 0.268 e. The molecule has 3 rings (SSSR count). The van der Waals surface area contributed by atoms with Crippen molar-refractivity contribution >= 4 is 36.9 Å². The highest BCUT2D eigenvalue weighted by atomic mass is 79.9. The van der Waals surface area contributed by atoms with Crippen molar-refractivity contribution < 1.29 is 8.42 Å². The first-order chi connectivity index (χ1) is 11.3. The third-order valence-electron chi connectivity index (χ3n) is 4.00. The van der Waals surface area contributed by atoms with Crippen LogP contribution in [0.25, 0.3) is 10.9 Å². The number of aromatic nitrogens is 1. The van der Waals surface area contributed by atoms with Gasteiger partial charge in [-0.2, -0.15) is 0 Å². The van der Waals surface area contributed by atoms with Crippen LogP contribution in [0.2, 0.25) is 0 Å². The first-order valence-electron chi connectivity index (χ1n) is 7.43. The minimum absolute atomic E-state index is 0.234. The van der Waals surface area contributed by atoms with Gasteiger partial charge in [-0.15, -0.1) is 0 Å². The number of halogens is 1. The third kappa shape index (κ3) is 2.88. The van der Waals surface area contributed by atoms with Crippen LogP contribution in [-0.2, 0) is 10.0 Å². The fourth-order valence-electron chi connectivity index (χ4n) is 2.64. The number of fused-ring (bicyclic) bond motifs is 1. The molecule has 4 N–H and O–H groups in total. The molecule has 0 aliphatic carbocycles. The topological polar surface area (TPSA) is 91.1 Å². The average molecular weight is 408 g/mol. The van der Waals surface area contributed by atoms with Gasteiger partial charge in [0, 0.05) is 28.6 Å². The predicted molar refractivity (Wildman–Crippen MR) is 99.4 cm³/mol. The van der Waals surface area contributed by atoms with Crippen molar-refractivity contribution in [3.05, 3.63) is 64.3 Å². The van der Waals surface area contributed by atoms with Crippen LogP contribution in [0.4, 0.5) is 0 Å². The summed E-state index contributed by atoms with van der Waals surface area (Å²) < 4.78 is 28.2. The smallest absolute Gasteiger partial charge is 0.268 e. The molecule has 0 saturated carbocycles. The Balaban J connectivity index is 2.29. The molecule has 0 fully saturated rings. The van der Waals surface area contributed by atoms with Gasteiger partial charge in [0.05, 0.1) is 10.4 Å². The molecule has 0 bridgehead atoms. The fraction of sp³-hybridized carbons (Fsp3) is 0.176. The molecule has 0 radical (unpaired) electrons. The summed E-state index contributed by atoms with van der Waals surface area (Å²) in [5, 5.41) is 0.784. The molecule has 5 nitrogen and oxygen atoms in total. The monoisotopic (exact) mass is 407 g/mol. The molecule has 0 spiro atoms. The van der Waals surface area contributed by atoms with Crippen molar-refractivity contribution in [3.63, 3.8) is 0 Å². The van der Waals surface area contributed by atoms with Gasteiger partial charge in [0.25, 0.3) is 10.0 Å². The molecule has 3 aromatic rings. The van der Waals surface area contributed by atoms with E-state index in [9.17, 15) is 8.42 Å². The van der Waals surface area contributed by atoms with Crippen LogP contribution in [0.5, 0.6) is 0 Å². The lowest BCUT2D eigenvalue weighted by atomic mass is 10.1. The highest BCUT2D eigenvalue weighted by Gasteiger charge is 2.23. The molecule has 0 saturated heterocycles. The Morgan fingerprint density at radius 2 is 1.83 bits per heavy atom. The largest absolute Gasteiger partial charge is 0.329 e. The molecule has 0 unspecified atom stereocenters. The second-order valence-electron chi connectivity index (χ2n) is 5.70. The van der Waals surface area contributed by atoms with E-state index in [1.165, 1.54) is 3.97 Å². The van der Waals surface area contributed by atoms with Crippen molar-refractivity contribution in [3.8, 4) is 0 Å². The van der Waals surface area contributed by atoms with E-state index in [1.807, 2.05) is 19.1 Å². The van der Waals surface area contributed by atoms with Gasteiger partial charge in [-0.1, -0.05) is 39.7 Å². The Bertz CT molecular complexity index is 995. The molecule has 0 amide bonds. The normalized spacial score (nSPS) is 13.3. The van der Waals surface area contributed by atoms with Gasteiger partial charge in [-0.3, -0.25) is 0 Å². The molecular formula is C17H18BrN3O2S. The standard InChI is InChI=1S/C17H18BrN3O2S/c1-11-2-5-13(6-3-11)24(22,23)21-10-15(16(20)9-19)14-7-4-12(18)8-17(14)21/h2-8,10,16H,9,19-20H2,1H3/t16-/m1/s1. The average Bonchev–Trinajstić information content (AvgIpc) is 2.94. The lowest BCUT2D eigenvalue weighted by Gasteiger charge is -2.08. The maximum atomic E-state index is 13.1. The van der Waals surface area contributed by atoms with Crippen molar-refractivity contribution in [2.45, 2.75) is 17.9 Å². The third-order valence-corrected chi connectivity index (χ3v) is 6.18. The van der Waals surface area contributed by atoms with E-state index in [-0.39, 0.29) is 11.4 Å². The molecule has 1 atom stereocenters. The molecule has 0 aliphatic rings. The van der Waals surface area contributed by atoms with Crippen molar-refractivity contribution in [2.75, 3.05) is 6.54 Å². The van der Waals surface area contributed by atoms with Gasteiger partial charge in [-0.25, -0.2) is 12.4 Å². The fourth-order valence-corrected chi connectivity index (χ4v) is 4.36. The lowest BCUT2D eigenvalue weighted by molar-refractivity contribution is 0.588. The summed E-state index contributed by atoms with van der Waals surface area (Å²) in [5.74, 6) is 0. The Hall–Kier alpha value is -1.67. The van der Waals surface area contributed by atoms with Crippen molar-refractivity contribution in [2.24, 2.45) is 11.5 Å². The Labute approximate surface area is 149 Å². The zero-order chi connectivity index (χ0) is 17.5. The Morgan fingerprint density at radius 1 is 1.17 bits per heavy atom. The number of hydrogen-bond donors (Lipinski definition) is 2. The van der Waals surface area contributed by atoms with Crippen LogP contribution in [0.15, 0.2) is 58.0 Å². The Morgan fingerprint density at radius 3 is 2.46 bits per heavy atom. The summed E-state index contributed by atoms with van der Waals surface area (Å²) >= 11 is 3.40. The summed E-state index contributed by atoms with van der Waals surface area (Å²) in [7, 11) is -3.72. The predicted octanol–water partition coefficient (Wildman–Crippen LogP) is 2.91. The minimum atomic E-state index is -3.72. The Kier molecular flexibility index (Phi) is 4.52. The summed E-state index contributed by atoms with van der Waals surface area (Å²) in [6.07, 6.45) is 1.57. The highest BCUT2D eigenvalue weighted by Crippen LogP contribution is 2.31. The van der Waals surface area contributed by atoms with Gasteiger partial charge in [0.1, 0.15) is 0 Å². The van der Waals surface area contributed by atoms with E-state index in [0.29, 0.717) is 5.52 Å². The van der Waals surface area contributed by atoms with E-state index in [4.69, 9.17) is 11.5 Å². The summed E-state index contributed by atoms with van der Waals surface area (Å²) in [4.78, 5) is 0.234. The van der Waals surface area contributed by atoms with Gasteiger partial charge in [0.2, 0.25) is 0 Å². The highest BCUT2D eigenvalue weighted by molar-refractivity contribution is 9.10. The first kappa shape index (κ1) is 17.2. The minimum Gasteiger partial charge on any atom is -0.329 e. The summed E-state index contributed by atoms with van der Waals surface area (Å²) in [5.41, 5.74) is 14.0. The molecule has 1 heterocycles. The van der Waals surface area contributed by atoms with Crippen LogP contribution in [0.1, 0.15) is 17.2 Å². The van der Waals surface area contributed by atoms with Gasteiger partial charge >= 0.3 is 0 Å².